The van der Waals surface area contributed by atoms with E-state index in [4.69, 9.17) is 16.9 Å². The minimum atomic E-state index is -0.685. The highest BCUT2D eigenvalue weighted by Crippen LogP contribution is 2.38. The molecule has 0 radical (unpaired) electrons. The van der Waals surface area contributed by atoms with Crippen LogP contribution in [0.4, 0.5) is 4.39 Å². The number of nitriles is 1. The molecule has 1 unspecified atom stereocenters. The first kappa shape index (κ1) is 19.2. The first-order valence-electron chi connectivity index (χ1n) is 9.23. The predicted molar refractivity (Wildman–Crippen MR) is 105 cm³/mol. The molecular formula is C20H18ClFN6O. The third kappa shape index (κ3) is 4.15. The van der Waals surface area contributed by atoms with Crippen molar-refractivity contribution in [2.75, 3.05) is 0 Å². The van der Waals surface area contributed by atoms with Gasteiger partial charge < -0.3 is 10.3 Å². The van der Waals surface area contributed by atoms with E-state index in [0.717, 1.165) is 18.7 Å². The number of aromatic nitrogens is 4. The largest absolute Gasteiger partial charge is 0.348 e. The van der Waals surface area contributed by atoms with Gasteiger partial charge in [0.25, 0.3) is 5.91 Å². The molecule has 1 amide bonds. The van der Waals surface area contributed by atoms with Crippen molar-refractivity contribution in [3.63, 3.8) is 0 Å². The molecule has 3 aromatic rings. The van der Waals surface area contributed by atoms with Crippen molar-refractivity contribution in [2.45, 2.75) is 38.3 Å². The van der Waals surface area contributed by atoms with Gasteiger partial charge in [0.2, 0.25) is 0 Å². The Morgan fingerprint density at radius 1 is 1.52 bits per heavy atom. The monoisotopic (exact) mass is 412 g/mol. The minimum absolute atomic E-state index is 0.0438. The average molecular weight is 413 g/mol. The van der Waals surface area contributed by atoms with Gasteiger partial charge in [-0.25, -0.2) is 9.37 Å². The average Bonchev–Trinajstić information content (AvgIpc) is 3.22. The molecule has 0 aliphatic heterocycles. The SMILES string of the molecule is CC(Cn1ccc(-c2cc(F)c(C#N)c(Cl)c2)n1)NC(=O)c1c[nH]c(C2CC2)n1. The fourth-order valence-corrected chi connectivity index (χ4v) is 3.34. The molecule has 0 spiro atoms. The van der Waals surface area contributed by atoms with Crippen LogP contribution in [0.15, 0.2) is 30.6 Å². The summed E-state index contributed by atoms with van der Waals surface area (Å²) in [4.78, 5) is 19.8. The Balaban J connectivity index is 1.40. The van der Waals surface area contributed by atoms with E-state index in [9.17, 15) is 9.18 Å². The van der Waals surface area contributed by atoms with E-state index in [1.807, 2.05) is 6.92 Å². The van der Waals surface area contributed by atoms with E-state index < -0.39 is 5.82 Å². The van der Waals surface area contributed by atoms with Gasteiger partial charge in [-0.15, -0.1) is 0 Å². The molecule has 1 aliphatic rings. The van der Waals surface area contributed by atoms with Gasteiger partial charge in [-0.2, -0.15) is 10.4 Å². The maximum absolute atomic E-state index is 14.0. The van der Waals surface area contributed by atoms with Gasteiger partial charge in [-0.1, -0.05) is 11.6 Å². The summed E-state index contributed by atoms with van der Waals surface area (Å²) >= 11 is 5.96. The molecule has 1 saturated carbocycles. The number of rotatable bonds is 6. The zero-order chi connectivity index (χ0) is 20.5. The Bertz CT molecular complexity index is 1090. The summed E-state index contributed by atoms with van der Waals surface area (Å²) in [5.74, 6) is 0.397. The molecule has 2 N–H and O–H groups in total. The molecule has 2 heterocycles. The predicted octanol–water partition coefficient (Wildman–Crippen LogP) is 3.63. The van der Waals surface area contributed by atoms with E-state index >= 15 is 0 Å². The number of aromatic amines is 1. The minimum Gasteiger partial charge on any atom is -0.348 e. The quantitative estimate of drug-likeness (QED) is 0.645. The van der Waals surface area contributed by atoms with Gasteiger partial charge >= 0.3 is 0 Å². The molecule has 1 atom stereocenters. The van der Waals surface area contributed by atoms with Crippen LogP contribution in [-0.4, -0.2) is 31.7 Å². The fraction of sp³-hybridized carbons (Fsp3) is 0.300. The van der Waals surface area contributed by atoms with Crippen LogP contribution in [0.2, 0.25) is 5.02 Å². The summed E-state index contributed by atoms with van der Waals surface area (Å²) in [5, 5.41) is 16.3. The number of nitrogens with one attached hydrogen (secondary N) is 2. The summed E-state index contributed by atoms with van der Waals surface area (Å²) in [5.41, 5.74) is 1.19. The van der Waals surface area contributed by atoms with Crippen molar-refractivity contribution in [3.05, 3.63) is 58.5 Å². The number of carbonyl (C=O) groups excluding carboxylic acids is 1. The maximum atomic E-state index is 14.0. The second kappa shape index (κ2) is 7.68. The molecule has 1 aliphatic carbocycles. The van der Waals surface area contributed by atoms with E-state index in [1.54, 1.807) is 29.2 Å². The van der Waals surface area contributed by atoms with E-state index in [1.165, 1.54) is 12.1 Å². The maximum Gasteiger partial charge on any atom is 0.271 e. The molecule has 1 aromatic carbocycles. The van der Waals surface area contributed by atoms with Crippen LogP contribution in [0, 0.1) is 17.1 Å². The first-order valence-corrected chi connectivity index (χ1v) is 9.61. The van der Waals surface area contributed by atoms with E-state index in [2.05, 4.69) is 20.4 Å². The molecule has 29 heavy (non-hydrogen) atoms. The summed E-state index contributed by atoms with van der Waals surface area (Å²) in [6, 6.07) is 6.01. The van der Waals surface area contributed by atoms with Crippen molar-refractivity contribution >= 4 is 17.5 Å². The number of hydrogen-bond acceptors (Lipinski definition) is 4. The lowest BCUT2D eigenvalue weighted by Crippen LogP contribution is -2.36. The molecule has 0 saturated heterocycles. The van der Waals surface area contributed by atoms with E-state index in [-0.39, 0.29) is 22.5 Å². The van der Waals surface area contributed by atoms with Crippen LogP contribution in [0.1, 0.15) is 47.6 Å². The van der Waals surface area contributed by atoms with Crippen molar-refractivity contribution in [2.24, 2.45) is 0 Å². The molecule has 9 heteroatoms. The number of imidazole rings is 1. The van der Waals surface area contributed by atoms with Crippen molar-refractivity contribution in [1.82, 2.24) is 25.1 Å². The number of benzene rings is 1. The molecule has 1 fully saturated rings. The van der Waals surface area contributed by atoms with Gasteiger partial charge in [0.1, 0.15) is 29.0 Å². The number of hydrogen-bond donors (Lipinski definition) is 2. The number of nitrogens with zero attached hydrogens (tertiary/aromatic N) is 4. The number of amides is 1. The lowest BCUT2D eigenvalue weighted by Gasteiger charge is -2.13. The van der Waals surface area contributed by atoms with Crippen LogP contribution in [0.25, 0.3) is 11.3 Å². The lowest BCUT2D eigenvalue weighted by atomic mass is 10.1. The highest BCUT2D eigenvalue weighted by Gasteiger charge is 2.27. The Morgan fingerprint density at radius 2 is 2.31 bits per heavy atom. The molecule has 0 bridgehead atoms. The summed E-state index contributed by atoms with van der Waals surface area (Å²) in [7, 11) is 0. The summed E-state index contributed by atoms with van der Waals surface area (Å²) < 4.78 is 15.6. The second-order valence-electron chi connectivity index (χ2n) is 7.17. The zero-order valence-corrected chi connectivity index (χ0v) is 16.4. The van der Waals surface area contributed by atoms with Crippen LogP contribution in [0.5, 0.6) is 0 Å². The van der Waals surface area contributed by atoms with Crippen LogP contribution < -0.4 is 5.32 Å². The smallest absolute Gasteiger partial charge is 0.271 e. The topological polar surface area (TPSA) is 99.4 Å². The van der Waals surface area contributed by atoms with Crippen LogP contribution in [0.3, 0.4) is 0 Å². The molecule has 4 rings (SSSR count). The standard InChI is InChI=1S/C20H18ClFN6O/c1-11(25-20(29)18-9-24-19(26-18)12-2-3-12)10-28-5-4-17(27-28)13-6-15(21)14(8-23)16(22)7-13/h4-7,9,11-12H,2-3,10H2,1H3,(H,24,26)(H,25,29). The second-order valence-corrected chi connectivity index (χ2v) is 7.58. The van der Waals surface area contributed by atoms with Gasteiger partial charge in [0.05, 0.1) is 17.3 Å². The van der Waals surface area contributed by atoms with Crippen molar-refractivity contribution < 1.29 is 9.18 Å². The third-order valence-electron chi connectivity index (χ3n) is 4.72. The Hall–Kier alpha value is -3.18. The Kier molecular flexibility index (Phi) is 5.07. The number of H-pyrrole nitrogens is 1. The van der Waals surface area contributed by atoms with Gasteiger partial charge in [0.15, 0.2) is 0 Å². The summed E-state index contributed by atoms with van der Waals surface area (Å²) in [6.45, 7) is 2.30. The molecule has 7 nitrogen and oxygen atoms in total. The first-order chi connectivity index (χ1) is 13.9. The zero-order valence-electron chi connectivity index (χ0n) is 15.6. The van der Waals surface area contributed by atoms with Crippen LogP contribution >= 0.6 is 11.6 Å². The lowest BCUT2D eigenvalue weighted by molar-refractivity contribution is 0.0931. The van der Waals surface area contributed by atoms with Gasteiger partial charge in [0, 0.05) is 29.9 Å². The van der Waals surface area contributed by atoms with Gasteiger partial charge in [-0.05, 0) is 38.0 Å². The third-order valence-corrected chi connectivity index (χ3v) is 5.02. The summed E-state index contributed by atoms with van der Waals surface area (Å²) in [6.07, 6.45) is 5.59. The highest BCUT2D eigenvalue weighted by atomic mass is 35.5. The number of halogens is 2. The fourth-order valence-electron chi connectivity index (χ4n) is 3.09. The van der Waals surface area contributed by atoms with Crippen molar-refractivity contribution in [1.29, 1.82) is 5.26 Å². The molecular weight excluding hydrogens is 395 g/mol. The molecule has 2 aromatic heterocycles. The highest BCUT2D eigenvalue weighted by molar-refractivity contribution is 6.32. The normalized spacial score (nSPS) is 14.4. The van der Waals surface area contributed by atoms with E-state index in [0.29, 0.717) is 29.4 Å². The Labute approximate surface area is 171 Å². The van der Waals surface area contributed by atoms with Crippen molar-refractivity contribution in [3.8, 4) is 17.3 Å². The Morgan fingerprint density at radius 3 is 3.00 bits per heavy atom. The number of carbonyl (C=O) groups is 1. The molecule has 148 valence electrons. The van der Waals surface area contributed by atoms with Gasteiger partial charge in [-0.3, -0.25) is 9.48 Å². The van der Waals surface area contributed by atoms with Crippen LogP contribution in [-0.2, 0) is 6.54 Å².